The van der Waals surface area contributed by atoms with E-state index in [0.717, 1.165) is 41.5 Å². The molecule has 0 bridgehead atoms. The maximum Gasteiger partial charge on any atom is 0.312 e. The molecule has 5 heteroatoms. The third-order valence-electron chi connectivity index (χ3n) is 7.33. The van der Waals surface area contributed by atoms with Crippen molar-refractivity contribution in [3.63, 3.8) is 0 Å². The summed E-state index contributed by atoms with van der Waals surface area (Å²) in [5.74, 6) is -0.548. The van der Waals surface area contributed by atoms with Gasteiger partial charge in [0, 0.05) is 12.0 Å². The van der Waals surface area contributed by atoms with Crippen molar-refractivity contribution in [3.05, 3.63) is 40.5 Å². The van der Waals surface area contributed by atoms with E-state index in [1.165, 1.54) is 32.1 Å². The summed E-state index contributed by atoms with van der Waals surface area (Å²) in [7, 11) is 0. The third kappa shape index (κ3) is 9.38. The Morgan fingerprint density at radius 3 is 2.44 bits per heavy atom. The summed E-state index contributed by atoms with van der Waals surface area (Å²) in [6.07, 6.45) is 12.7. The summed E-state index contributed by atoms with van der Waals surface area (Å²) >= 11 is 0. The molecule has 2 unspecified atom stereocenters. The van der Waals surface area contributed by atoms with E-state index in [9.17, 15) is 14.7 Å². The van der Waals surface area contributed by atoms with Gasteiger partial charge >= 0.3 is 11.9 Å². The first kappa shape index (κ1) is 30.1. The van der Waals surface area contributed by atoms with Crippen molar-refractivity contribution < 1.29 is 24.2 Å². The molecule has 1 aromatic carbocycles. The molecule has 1 fully saturated rings. The first-order valence-electron chi connectivity index (χ1n) is 13.9. The van der Waals surface area contributed by atoms with E-state index < -0.39 is 17.6 Å². The maximum atomic E-state index is 13.1. The number of hydrogen-bond donors (Lipinski definition) is 1. The van der Waals surface area contributed by atoms with E-state index in [1.54, 1.807) is 0 Å². The van der Waals surface area contributed by atoms with Gasteiger partial charge in [0.25, 0.3) is 0 Å². The van der Waals surface area contributed by atoms with Gasteiger partial charge < -0.3 is 14.6 Å². The molecule has 0 aromatic heterocycles. The topological polar surface area (TPSA) is 72.8 Å². The molecule has 0 radical (unpaired) electrons. The second kappa shape index (κ2) is 14.6. The van der Waals surface area contributed by atoms with Gasteiger partial charge in [0.05, 0.1) is 17.9 Å². The Balaban J connectivity index is 2.28. The highest BCUT2D eigenvalue weighted by Crippen LogP contribution is 2.34. The van der Waals surface area contributed by atoms with Crippen LogP contribution in [0.5, 0.6) is 0 Å². The van der Waals surface area contributed by atoms with E-state index in [-0.39, 0.29) is 24.5 Å². The van der Waals surface area contributed by atoms with Crippen molar-refractivity contribution in [2.24, 2.45) is 5.41 Å². The van der Waals surface area contributed by atoms with E-state index in [1.807, 2.05) is 32.9 Å². The van der Waals surface area contributed by atoms with Crippen molar-refractivity contribution in [2.45, 2.75) is 130 Å². The first-order chi connectivity index (χ1) is 17.1. The Bertz CT molecular complexity index is 885. The molecule has 0 aliphatic carbocycles. The fraction of sp³-hybridized carbons (Fsp3) is 0.677. The van der Waals surface area contributed by atoms with Crippen LogP contribution in [0.2, 0.25) is 0 Å². The number of carbonyl (C=O) groups is 2. The molecule has 0 spiro atoms. The van der Waals surface area contributed by atoms with Crippen LogP contribution in [0, 0.1) is 19.3 Å². The Morgan fingerprint density at radius 2 is 1.81 bits per heavy atom. The number of hydrogen-bond acceptors (Lipinski definition) is 5. The van der Waals surface area contributed by atoms with Crippen molar-refractivity contribution in [1.29, 1.82) is 0 Å². The monoisotopic (exact) mass is 500 g/mol. The van der Waals surface area contributed by atoms with Crippen molar-refractivity contribution >= 4 is 18.0 Å². The van der Waals surface area contributed by atoms with Crippen LogP contribution in [0.25, 0.3) is 6.08 Å². The quantitative estimate of drug-likeness (QED) is 0.211. The lowest BCUT2D eigenvalue weighted by Gasteiger charge is -2.28. The second-order valence-corrected chi connectivity index (χ2v) is 11.1. The highest BCUT2D eigenvalue weighted by Gasteiger charge is 2.31. The molecular formula is C31H48O5. The van der Waals surface area contributed by atoms with Crippen LogP contribution < -0.4 is 0 Å². The first-order valence-corrected chi connectivity index (χ1v) is 13.9. The number of ether oxygens (including phenoxy) is 2. The fourth-order valence-electron chi connectivity index (χ4n) is 4.63. The predicted octanol–water partition coefficient (Wildman–Crippen LogP) is 7.54. The minimum Gasteiger partial charge on any atom is -0.458 e. The van der Waals surface area contributed by atoms with Crippen LogP contribution in [-0.2, 0) is 19.1 Å². The van der Waals surface area contributed by atoms with Crippen molar-refractivity contribution in [3.8, 4) is 0 Å². The molecule has 1 heterocycles. The summed E-state index contributed by atoms with van der Waals surface area (Å²) in [6, 6.07) is 4.24. The molecule has 1 aliphatic rings. The normalized spacial score (nSPS) is 19.4. The van der Waals surface area contributed by atoms with Gasteiger partial charge in [-0.05, 0) is 64.2 Å². The number of aryl methyl sites for hydroxylation is 2. The highest BCUT2D eigenvalue weighted by atomic mass is 16.5. The molecule has 3 atom stereocenters. The Kier molecular flexibility index (Phi) is 12.2. The molecule has 202 valence electrons. The molecule has 1 N–H and O–H groups in total. The molecule has 0 amide bonds. The van der Waals surface area contributed by atoms with Gasteiger partial charge in [-0.15, -0.1) is 0 Å². The van der Waals surface area contributed by atoms with Gasteiger partial charge in [-0.25, -0.2) is 0 Å². The Hall–Kier alpha value is -2.14. The number of unbranched alkanes of at least 4 members (excludes halogenated alkanes) is 6. The zero-order valence-electron chi connectivity index (χ0n) is 23.4. The molecule has 1 aromatic rings. The smallest absolute Gasteiger partial charge is 0.312 e. The minimum atomic E-state index is -0.679. The zero-order chi connectivity index (χ0) is 26.7. The van der Waals surface area contributed by atoms with Crippen molar-refractivity contribution in [2.75, 3.05) is 0 Å². The lowest BCUT2D eigenvalue weighted by Crippen LogP contribution is -2.31. The highest BCUT2D eigenvalue weighted by molar-refractivity contribution is 5.76. The van der Waals surface area contributed by atoms with Crippen LogP contribution in [0.3, 0.4) is 0 Å². The minimum absolute atomic E-state index is 0.0445. The standard InChI is InChI=1S/C31H48O5/c1-7-9-10-11-12-13-14-15-28(36-30(34)31(5,6)8-2)27-19-22(3)18-23(4)26(27)17-16-25-20-24(32)21-29(33)35-25/h16-19,24-25,28,32H,7-15,20-21H2,1-6H3/b17-16+/t24-,25?,28?/m0/s1. The van der Waals surface area contributed by atoms with Crippen LogP contribution in [0.4, 0.5) is 0 Å². The average molecular weight is 501 g/mol. The molecule has 5 nitrogen and oxygen atoms in total. The molecule has 0 saturated carbocycles. The summed E-state index contributed by atoms with van der Waals surface area (Å²) in [6.45, 7) is 12.2. The molecule has 36 heavy (non-hydrogen) atoms. The molecule has 1 aliphatic heterocycles. The summed E-state index contributed by atoms with van der Waals surface area (Å²) < 4.78 is 11.6. The van der Waals surface area contributed by atoms with Gasteiger partial charge in [0.1, 0.15) is 12.2 Å². The lowest BCUT2D eigenvalue weighted by molar-refractivity contribution is -0.161. The van der Waals surface area contributed by atoms with Crippen LogP contribution >= 0.6 is 0 Å². The summed E-state index contributed by atoms with van der Waals surface area (Å²) in [5.41, 5.74) is 3.65. The van der Waals surface area contributed by atoms with Crippen LogP contribution in [-0.4, -0.2) is 29.3 Å². The largest absolute Gasteiger partial charge is 0.458 e. The van der Waals surface area contributed by atoms with Crippen molar-refractivity contribution in [1.82, 2.24) is 0 Å². The number of aliphatic hydroxyl groups is 1. The second-order valence-electron chi connectivity index (χ2n) is 11.1. The van der Waals surface area contributed by atoms with E-state index >= 15 is 0 Å². The van der Waals surface area contributed by atoms with E-state index in [4.69, 9.17) is 9.47 Å². The number of rotatable bonds is 14. The van der Waals surface area contributed by atoms with Crippen LogP contribution in [0.15, 0.2) is 18.2 Å². The number of aliphatic hydroxyl groups excluding tert-OH is 1. The summed E-state index contributed by atoms with van der Waals surface area (Å²) in [5, 5.41) is 9.98. The molecular weight excluding hydrogens is 452 g/mol. The van der Waals surface area contributed by atoms with E-state index in [0.29, 0.717) is 12.8 Å². The predicted molar refractivity (Wildman–Crippen MR) is 146 cm³/mol. The number of esters is 2. The summed E-state index contributed by atoms with van der Waals surface area (Å²) in [4.78, 5) is 24.9. The zero-order valence-corrected chi connectivity index (χ0v) is 23.4. The van der Waals surface area contributed by atoms with Gasteiger partial charge in [0.2, 0.25) is 0 Å². The third-order valence-corrected chi connectivity index (χ3v) is 7.33. The van der Waals surface area contributed by atoms with Gasteiger partial charge in [-0.1, -0.05) is 76.1 Å². The Morgan fingerprint density at radius 1 is 1.14 bits per heavy atom. The average Bonchev–Trinajstić information content (AvgIpc) is 2.81. The number of cyclic esters (lactones) is 1. The molecule has 1 saturated heterocycles. The maximum absolute atomic E-state index is 13.1. The number of carbonyl (C=O) groups excluding carboxylic acids is 2. The van der Waals surface area contributed by atoms with E-state index in [2.05, 4.69) is 32.9 Å². The molecule has 2 rings (SSSR count). The van der Waals surface area contributed by atoms with Crippen LogP contribution in [0.1, 0.15) is 127 Å². The fourth-order valence-corrected chi connectivity index (χ4v) is 4.63. The number of benzene rings is 1. The van der Waals surface area contributed by atoms with Gasteiger partial charge in [0.15, 0.2) is 0 Å². The lowest BCUT2D eigenvalue weighted by atomic mass is 9.89. The Labute approximate surface area is 218 Å². The van der Waals surface area contributed by atoms with Gasteiger partial charge in [-0.2, -0.15) is 0 Å². The SMILES string of the molecule is CCCCCCCCCC(OC(=O)C(C)(C)CC)c1cc(C)cc(C)c1/C=C/C1C[C@H](O)CC(=O)O1. The van der Waals surface area contributed by atoms with Gasteiger partial charge in [-0.3, -0.25) is 9.59 Å².